The summed E-state index contributed by atoms with van der Waals surface area (Å²) in [6.45, 7) is 12.8. The van der Waals surface area contributed by atoms with E-state index in [-0.39, 0.29) is 0 Å². The summed E-state index contributed by atoms with van der Waals surface area (Å²) < 4.78 is 11.8. The number of rotatable bonds is 10. The Bertz CT molecular complexity index is 1810. The third-order valence-corrected chi connectivity index (χ3v) is 8.64. The largest absolute Gasteiger partial charge is 0.658 e. The maximum atomic E-state index is 5.88. The first-order chi connectivity index (χ1) is 22.7. The molecule has 0 atom stereocenters. The summed E-state index contributed by atoms with van der Waals surface area (Å²) in [4.78, 5) is 4.52. The van der Waals surface area contributed by atoms with Gasteiger partial charge in [0.15, 0.2) is 0 Å². The molecule has 6 rings (SSSR count). The first kappa shape index (κ1) is 31.6. The molecular weight excluding hydrogens is 575 g/mol. The van der Waals surface area contributed by atoms with Crippen LogP contribution in [-0.2, 0) is 0 Å². The molecule has 47 heavy (non-hydrogen) atoms. The van der Waals surface area contributed by atoms with E-state index in [0.29, 0.717) is 11.5 Å². The van der Waals surface area contributed by atoms with E-state index in [1.54, 1.807) is 0 Å². The molecule has 0 unspecified atom stereocenters. The molecule has 0 aliphatic heterocycles. The van der Waals surface area contributed by atoms with Gasteiger partial charge in [0.1, 0.15) is 11.5 Å². The number of hydrogen-bond donors (Lipinski definition) is 0. The Morgan fingerprint density at radius 2 is 0.638 bits per heavy atom. The van der Waals surface area contributed by atoms with Crippen LogP contribution in [0.25, 0.3) is 0 Å². The highest BCUT2D eigenvalue weighted by Gasteiger charge is 2.15. The van der Waals surface area contributed by atoms with Gasteiger partial charge in [-0.15, -0.1) is 0 Å². The van der Waals surface area contributed by atoms with Crippen LogP contribution in [-0.4, -0.2) is 7.69 Å². The van der Waals surface area contributed by atoms with Gasteiger partial charge in [0.2, 0.25) is 0 Å². The minimum atomic E-state index is 0.689. The lowest BCUT2D eigenvalue weighted by atomic mass is 10.1. The Kier molecular flexibility index (Phi) is 9.35. The van der Waals surface area contributed by atoms with E-state index >= 15 is 0 Å². The van der Waals surface area contributed by atoms with E-state index in [2.05, 4.69) is 161 Å². The van der Waals surface area contributed by atoms with Gasteiger partial charge in [0, 0.05) is 34.1 Å². The van der Waals surface area contributed by atoms with E-state index in [0.717, 1.165) is 34.1 Å². The van der Waals surface area contributed by atoms with Crippen molar-refractivity contribution in [2.24, 2.45) is 0 Å². The zero-order valence-corrected chi connectivity index (χ0v) is 28.0. The van der Waals surface area contributed by atoms with Crippen molar-refractivity contribution in [3.05, 3.63) is 167 Å². The molecule has 0 saturated heterocycles. The predicted octanol–water partition coefficient (Wildman–Crippen LogP) is 11.5. The van der Waals surface area contributed by atoms with Crippen LogP contribution >= 0.6 is 0 Å². The molecule has 0 heterocycles. The molecule has 0 fully saturated rings. The van der Waals surface area contributed by atoms with Gasteiger partial charge in [0.25, 0.3) is 0 Å². The average Bonchev–Trinajstić information content (AvgIpc) is 3.08. The number of aryl methyl sites for hydroxylation is 6. The van der Waals surface area contributed by atoms with Crippen molar-refractivity contribution in [3.63, 3.8) is 0 Å². The molecule has 4 nitrogen and oxygen atoms in total. The minimum Gasteiger partial charge on any atom is -0.526 e. The summed E-state index contributed by atoms with van der Waals surface area (Å²) in [5.41, 5.74) is 14.0. The smallest absolute Gasteiger partial charge is 0.526 e. The van der Waals surface area contributed by atoms with Crippen LogP contribution in [0.15, 0.2) is 133 Å². The number of hydrogen-bond acceptors (Lipinski definition) is 4. The van der Waals surface area contributed by atoms with E-state index < -0.39 is 0 Å². The van der Waals surface area contributed by atoms with Crippen LogP contribution in [0.4, 0.5) is 34.1 Å². The van der Waals surface area contributed by atoms with Crippen LogP contribution in [0.1, 0.15) is 33.4 Å². The maximum absolute atomic E-state index is 5.88. The highest BCUT2D eigenvalue weighted by Crippen LogP contribution is 2.38. The Labute approximate surface area is 280 Å². The molecule has 6 aromatic rings. The van der Waals surface area contributed by atoms with Crippen molar-refractivity contribution in [3.8, 4) is 11.5 Å². The average molecular weight is 616 g/mol. The molecule has 0 aliphatic rings. The van der Waals surface area contributed by atoms with Gasteiger partial charge in [-0.05, 0) is 161 Å². The predicted molar refractivity (Wildman–Crippen MR) is 198 cm³/mol. The quantitative estimate of drug-likeness (QED) is 0.143. The summed E-state index contributed by atoms with van der Waals surface area (Å²) >= 11 is 0. The number of anilines is 6. The fraction of sp³-hybridized carbons (Fsp3) is 0.143. The molecule has 0 aliphatic carbocycles. The summed E-state index contributed by atoms with van der Waals surface area (Å²) in [5, 5.41) is 0. The molecule has 1 radical (unpaired) electrons. The summed E-state index contributed by atoms with van der Waals surface area (Å²) in [7, 11) is 1.38. The molecule has 5 heteroatoms. The van der Waals surface area contributed by atoms with Crippen LogP contribution in [0, 0.1) is 41.5 Å². The van der Waals surface area contributed by atoms with Crippen molar-refractivity contribution in [1.29, 1.82) is 0 Å². The van der Waals surface area contributed by atoms with Crippen molar-refractivity contribution in [2.75, 3.05) is 9.80 Å². The Morgan fingerprint density at radius 3 is 0.957 bits per heavy atom. The topological polar surface area (TPSA) is 24.9 Å². The summed E-state index contributed by atoms with van der Waals surface area (Å²) in [6.07, 6.45) is 0. The zero-order valence-electron chi connectivity index (χ0n) is 28.0. The third-order valence-electron chi connectivity index (χ3n) is 8.64. The fourth-order valence-electron chi connectivity index (χ4n) is 5.49. The van der Waals surface area contributed by atoms with Crippen LogP contribution in [0.2, 0.25) is 0 Å². The van der Waals surface area contributed by atoms with E-state index in [4.69, 9.17) is 9.31 Å². The lowest BCUT2D eigenvalue weighted by molar-refractivity contribution is 0.459. The first-order valence-electron chi connectivity index (χ1n) is 16.0. The van der Waals surface area contributed by atoms with Gasteiger partial charge in [0.05, 0.1) is 0 Å². The van der Waals surface area contributed by atoms with Gasteiger partial charge in [-0.2, -0.15) is 0 Å². The molecule has 0 aromatic heterocycles. The monoisotopic (exact) mass is 615 g/mol. The molecule has 233 valence electrons. The molecule has 6 aromatic carbocycles. The van der Waals surface area contributed by atoms with Gasteiger partial charge < -0.3 is 19.1 Å². The Balaban J connectivity index is 1.15. The number of nitrogens with zero attached hydrogens (tertiary/aromatic N) is 2. The standard InChI is InChI=1S/C42H40BN2O2/c1-29-7-13-35(14-8-29)44(39-17-11-31(3)33(5)27-39)37-19-23-41(24-20-37)46-43-47-42-25-21-38(22-26-42)45(36-15-9-30(2)10-16-36)40-18-12-32(4)34(6)28-40/h7-28H,1-6H3. The first-order valence-corrected chi connectivity index (χ1v) is 16.0. The van der Waals surface area contributed by atoms with Gasteiger partial charge in [-0.25, -0.2) is 0 Å². The van der Waals surface area contributed by atoms with Crippen LogP contribution in [0.3, 0.4) is 0 Å². The Hall–Kier alpha value is -5.42. The normalized spacial score (nSPS) is 10.8. The zero-order chi connectivity index (χ0) is 32.9. The van der Waals surface area contributed by atoms with Crippen LogP contribution in [0.5, 0.6) is 11.5 Å². The van der Waals surface area contributed by atoms with Gasteiger partial charge in [-0.1, -0.05) is 47.5 Å². The lowest BCUT2D eigenvalue weighted by Gasteiger charge is -2.26. The van der Waals surface area contributed by atoms with Crippen LogP contribution < -0.4 is 19.1 Å². The molecule has 0 saturated carbocycles. The SMILES string of the molecule is Cc1ccc(N(c2ccc(O[B]Oc3ccc(N(c4ccc(C)cc4)c4ccc(C)c(C)c4)cc3)cc2)c2ccc(C)c(C)c2)cc1. The third kappa shape index (κ3) is 7.36. The molecular formula is C42H40BN2O2. The van der Waals surface area contributed by atoms with Crippen molar-refractivity contribution in [1.82, 2.24) is 0 Å². The molecule has 0 spiro atoms. The molecule has 0 N–H and O–H groups in total. The fourth-order valence-corrected chi connectivity index (χ4v) is 5.49. The second kappa shape index (κ2) is 13.9. The summed E-state index contributed by atoms with van der Waals surface area (Å²) in [6, 6.07) is 46.5. The van der Waals surface area contributed by atoms with Crippen molar-refractivity contribution < 1.29 is 9.31 Å². The van der Waals surface area contributed by atoms with E-state index in [9.17, 15) is 0 Å². The second-order valence-corrected chi connectivity index (χ2v) is 12.2. The minimum absolute atomic E-state index is 0.689. The highest BCUT2D eigenvalue weighted by molar-refractivity contribution is 6.20. The highest BCUT2D eigenvalue weighted by atomic mass is 16.6. The van der Waals surface area contributed by atoms with Gasteiger partial charge in [-0.3, -0.25) is 0 Å². The second-order valence-electron chi connectivity index (χ2n) is 12.2. The maximum Gasteiger partial charge on any atom is 0.658 e. The van der Waals surface area contributed by atoms with E-state index in [1.165, 1.54) is 41.1 Å². The van der Waals surface area contributed by atoms with Gasteiger partial charge >= 0.3 is 7.69 Å². The van der Waals surface area contributed by atoms with E-state index in [1.807, 2.05) is 24.3 Å². The molecule has 0 amide bonds. The van der Waals surface area contributed by atoms with Crippen molar-refractivity contribution >= 4 is 41.8 Å². The summed E-state index contributed by atoms with van der Waals surface area (Å²) in [5.74, 6) is 1.38. The Morgan fingerprint density at radius 1 is 0.340 bits per heavy atom. The van der Waals surface area contributed by atoms with Crippen molar-refractivity contribution in [2.45, 2.75) is 41.5 Å². The lowest BCUT2D eigenvalue weighted by Crippen LogP contribution is -2.13. The molecule has 0 bridgehead atoms. The number of benzene rings is 6.